The van der Waals surface area contributed by atoms with E-state index < -0.39 is 0 Å². The van der Waals surface area contributed by atoms with Crippen LogP contribution in [0.1, 0.15) is 55.4 Å². The Labute approximate surface area is 153 Å². The molecule has 2 aromatic rings. The van der Waals surface area contributed by atoms with Gasteiger partial charge in [0.2, 0.25) is 0 Å². The van der Waals surface area contributed by atoms with E-state index >= 15 is 0 Å². The van der Waals surface area contributed by atoms with Gasteiger partial charge in [-0.2, -0.15) is 0 Å². The number of Topliss-reactive ketones (excluding diaryl/α,β-unsaturated/α-hetero) is 1. The molecule has 3 nitrogen and oxygen atoms in total. The van der Waals surface area contributed by atoms with Gasteiger partial charge in [-0.15, -0.1) is 0 Å². The lowest BCUT2D eigenvalue weighted by atomic mass is 9.55. The molecule has 4 atom stereocenters. The Kier molecular flexibility index (Phi) is 3.43. The Hall–Kier alpha value is -2.29. The number of phenols is 1. The summed E-state index contributed by atoms with van der Waals surface area (Å²) in [5, 5.41) is 9.81. The minimum absolute atomic E-state index is 0.228. The minimum atomic E-state index is -0.228. The number of aromatic hydroxyl groups is 1. The Morgan fingerprint density at radius 3 is 2.96 bits per heavy atom. The van der Waals surface area contributed by atoms with Gasteiger partial charge in [0.05, 0.1) is 6.26 Å². The maximum atomic E-state index is 13.2. The number of phenolic OH excluding ortho intramolecular Hbond substituents is 1. The Balaban J connectivity index is 1.51. The highest BCUT2D eigenvalue weighted by atomic mass is 16.3. The first-order valence-electron chi connectivity index (χ1n) is 9.67. The van der Waals surface area contributed by atoms with Crippen LogP contribution in [-0.4, -0.2) is 10.9 Å². The smallest absolute Gasteiger partial charge is 0.165 e. The van der Waals surface area contributed by atoms with Crippen LogP contribution in [0.25, 0.3) is 6.08 Å². The molecule has 3 aliphatic rings. The predicted molar refractivity (Wildman–Crippen MR) is 99.8 cm³/mol. The molecule has 0 radical (unpaired) electrons. The number of carbonyl (C=O) groups is 1. The predicted octanol–water partition coefficient (Wildman–Crippen LogP) is 5.10. The van der Waals surface area contributed by atoms with Crippen LogP contribution in [-0.2, 0) is 11.2 Å². The first-order valence-corrected chi connectivity index (χ1v) is 9.67. The second-order valence-corrected chi connectivity index (χ2v) is 8.47. The standard InChI is InChI=1S/C23H24O3/c1-23-9-8-19-18-7-5-16(24)11-14(18)4-6-20(19)21(23)13-15(22(23)25)12-17-3-2-10-26-17/h2-3,5,7,10-12,19-21,24H,4,6,8-9,13H2,1H3/t19?,20?,21?,23-/m0/s1. The molecule has 3 heteroatoms. The van der Waals surface area contributed by atoms with Crippen LogP contribution in [0.4, 0.5) is 0 Å². The third-order valence-electron chi connectivity index (χ3n) is 7.21. The van der Waals surface area contributed by atoms with E-state index in [2.05, 4.69) is 13.0 Å². The van der Waals surface area contributed by atoms with Crippen molar-refractivity contribution < 1.29 is 14.3 Å². The lowest BCUT2D eigenvalue weighted by molar-refractivity contribution is -0.127. The fourth-order valence-electron chi connectivity index (χ4n) is 5.91. The van der Waals surface area contributed by atoms with Gasteiger partial charge in [0.15, 0.2) is 5.78 Å². The van der Waals surface area contributed by atoms with Crippen molar-refractivity contribution >= 4 is 11.9 Å². The van der Waals surface area contributed by atoms with Crippen molar-refractivity contribution in [2.75, 3.05) is 0 Å². The molecular formula is C23H24O3. The van der Waals surface area contributed by atoms with Crippen molar-refractivity contribution in [1.82, 2.24) is 0 Å². The van der Waals surface area contributed by atoms with Crippen LogP contribution in [0.3, 0.4) is 0 Å². The maximum absolute atomic E-state index is 13.2. The van der Waals surface area contributed by atoms with E-state index in [1.54, 1.807) is 6.26 Å². The summed E-state index contributed by atoms with van der Waals surface area (Å²) in [6.07, 6.45) is 8.61. The van der Waals surface area contributed by atoms with E-state index in [9.17, 15) is 9.90 Å². The molecule has 1 heterocycles. The zero-order valence-corrected chi connectivity index (χ0v) is 15.1. The van der Waals surface area contributed by atoms with Crippen LogP contribution < -0.4 is 0 Å². The molecule has 0 saturated heterocycles. The molecule has 3 unspecified atom stereocenters. The third-order valence-corrected chi connectivity index (χ3v) is 7.21. The molecular weight excluding hydrogens is 324 g/mol. The summed E-state index contributed by atoms with van der Waals surface area (Å²) >= 11 is 0. The number of hydrogen-bond acceptors (Lipinski definition) is 3. The number of ketones is 1. The number of aryl methyl sites for hydroxylation is 1. The molecule has 0 spiro atoms. The maximum Gasteiger partial charge on any atom is 0.165 e. The van der Waals surface area contributed by atoms with Gasteiger partial charge < -0.3 is 9.52 Å². The Morgan fingerprint density at radius 2 is 2.15 bits per heavy atom. The lowest BCUT2D eigenvalue weighted by Gasteiger charge is -2.48. The fraction of sp³-hybridized carbons (Fsp3) is 0.435. The number of benzene rings is 1. The summed E-state index contributed by atoms with van der Waals surface area (Å²) in [4.78, 5) is 13.2. The highest BCUT2D eigenvalue weighted by Crippen LogP contribution is 2.60. The zero-order chi connectivity index (χ0) is 17.9. The second-order valence-electron chi connectivity index (χ2n) is 8.47. The van der Waals surface area contributed by atoms with E-state index in [1.165, 1.54) is 11.1 Å². The number of rotatable bonds is 1. The van der Waals surface area contributed by atoms with Gasteiger partial charge in [-0.3, -0.25) is 4.79 Å². The molecule has 3 aliphatic carbocycles. The molecule has 0 amide bonds. The number of carbonyl (C=O) groups excluding carboxylic acids is 1. The SMILES string of the molecule is C[C@]12CCC3c4ccc(O)cc4CCC3C1CC(=Cc1ccco1)C2=O. The highest BCUT2D eigenvalue weighted by molar-refractivity contribution is 6.05. The summed E-state index contributed by atoms with van der Waals surface area (Å²) in [5.41, 5.74) is 3.40. The van der Waals surface area contributed by atoms with E-state index in [1.807, 2.05) is 30.3 Å². The topological polar surface area (TPSA) is 50.4 Å². The molecule has 1 aromatic carbocycles. The first-order chi connectivity index (χ1) is 12.6. The quantitative estimate of drug-likeness (QED) is 0.729. The van der Waals surface area contributed by atoms with Gasteiger partial charge in [-0.05, 0) is 96.9 Å². The lowest BCUT2D eigenvalue weighted by Crippen LogP contribution is -2.42. The highest BCUT2D eigenvalue weighted by Gasteiger charge is 2.56. The third kappa shape index (κ3) is 2.22. The Morgan fingerprint density at radius 1 is 1.27 bits per heavy atom. The Bertz CT molecular complexity index is 892. The van der Waals surface area contributed by atoms with E-state index in [-0.39, 0.29) is 5.41 Å². The van der Waals surface area contributed by atoms with Gasteiger partial charge in [0, 0.05) is 5.41 Å². The van der Waals surface area contributed by atoms with Crippen molar-refractivity contribution in [2.24, 2.45) is 17.3 Å². The van der Waals surface area contributed by atoms with Crippen LogP contribution >= 0.6 is 0 Å². The van der Waals surface area contributed by atoms with E-state index in [0.29, 0.717) is 29.3 Å². The average Bonchev–Trinajstić information content (AvgIpc) is 3.23. The molecule has 134 valence electrons. The average molecular weight is 348 g/mol. The molecule has 0 aliphatic heterocycles. The van der Waals surface area contributed by atoms with Crippen LogP contribution in [0.15, 0.2) is 46.6 Å². The zero-order valence-electron chi connectivity index (χ0n) is 15.1. The first kappa shape index (κ1) is 15.9. The van der Waals surface area contributed by atoms with Gasteiger partial charge in [-0.1, -0.05) is 13.0 Å². The molecule has 1 N–H and O–H groups in total. The van der Waals surface area contributed by atoms with Gasteiger partial charge >= 0.3 is 0 Å². The number of furan rings is 1. The number of hydrogen-bond donors (Lipinski definition) is 1. The normalized spacial score (nSPS) is 34.4. The van der Waals surface area contributed by atoms with Crippen LogP contribution in [0.2, 0.25) is 0 Å². The summed E-state index contributed by atoms with van der Waals surface area (Å²) in [5.74, 6) is 2.95. The molecule has 2 fully saturated rings. The van der Waals surface area contributed by atoms with Crippen molar-refractivity contribution in [1.29, 1.82) is 0 Å². The van der Waals surface area contributed by atoms with Crippen LogP contribution in [0.5, 0.6) is 5.75 Å². The van der Waals surface area contributed by atoms with Gasteiger partial charge in [0.25, 0.3) is 0 Å². The second kappa shape index (κ2) is 5.60. The minimum Gasteiger partial charge on any atom is -0.508 e. The molecule has 0 bridgehead atoms. The monoisotopic (exact) mass is 348 g/mol. The summed E-state index contributed by atoms with van der Waals surface area (Å²) in [6.45, 7) is 2.19. The van der Waals surface area contributed by atoms with Crippen molar-refractivity contribution in [3.8, 4) is 5.75 Å². The van der Waals surface area contributed by atoms with E-state index in [0.717, 1.165) is 43.4 Å². The summed E-state index contributed by atoms with van der Waals surface area (Å²) < 4.78 is 5.44. The fourth-order valence-corrected chi connectivity index (χ4v) is 5.91. The van der Waals surface area contributed by atoms with E-state index in [4.69, 9.17) is 4.42 Å². The molecule has 26 heavy (non-hydrogen) atoms. The molecule has 5 rings (SSSR count). The molecule has 2 saturated carbocycles. The van der Waals surface area contributed by atoms with Crippen molar-refractivity contribution in [3.63, 3.8) is 0 Å². The van der Waals surface area contributed by atoms with Crippen LogP contribution in [0, 0.1) is 17.3 Å². The van der Waals surface area contributed by atoms with Crippen molar-refractivity contribution in [3.05, 3.63) is 59.1 Å². The van der Waals surface area contributed by atoms with Gasteiger partial charge in [-0.25, -0.2) is 0 Å². The number of allylic oxidation sites excluding steroid dienone is 1. The summed E-state index contributed by atoms with van der Waals surface area (Å²) in [7, 11) is 0. The summed E-state index contributed by atoms with van der Waals surface area (Å²) in [6, 6.07) is 9.64. The molecule has 1 aromatic heterocycles. The van der Waals surface area contributed by atoms with Crippen molar-refractivity contribution in [2.45, 2.75) is 44.9 Å². The largest absolute Gasteiger partial charge is 0.508 e. The van der Waals surface area contributed by atoms with Gasteiger partial charge in [0.1, 0.15) is 11.5 Å². The number of fused-ring (bicyclic) bond motifs is 5.